The van der Waals surface area contributed by atoms with Crippen LogP contribution >= 0.6 is 11.3 Å². The first-order valence-corrected chi connectivity index (χ1v) is 8.51. The Morgan fingerprint density at radius 3 is 2.83 bits per heavy atom. The molecule has 0 unspecified atom stereocenters. The zero-order valence-corrected chi connectivity index (χ0v) is 14.1. The fourth-order valence-electron chi connectivity index (χ4n) is 2.36. The monoisotopic (exact) mass is 340 g/mol. The molecule has 3 nitrogen and oxygen atoms in total. The van der Waals surface area contributed by atoms with Crippen molar-refractivity contribution in [3.8, 4) is 10.6 Å². The van der Waals surface area contributed by atoms with Gasteiger partial charge in [0.05, 0.1) is 12.1 Å². The molecule has 1 amide bonds. The molecular formula is C19H17FN2OS. The number of aryl methyl sites for hydroxylation is 1. The number of rotatable bonds is 5. The Balaban J connectivity index is 1.60. The van der Waals surface area contributed by atoms with E-state index in [-0.39, 0.29) is 24.7 Å². The Kier molecular flexibility index (Phi) is 5.01. The second-order valence-corrected chi connectivity index (χ2v) is 6.42. The maximum absolute atomic E-state index is 13.5. The molecule has 0 fully saturated rings. The van der Waals surface area contributed by atoms with E-state index in [2.05, 4.69) is 16.4 Å². The molecule has 1 N–H and O–H groups in total. The summed E-state index contributed by atoms with van der Waals surface area (Å²) < 4.78 is 13.5. The Morgan fingerprint density at radius 2 is 2.04 bits per heavy atom. The first-order valence-electron chi connectivity index (χ1n) is 7.63. The third-order valence-electron chi connectivity index (χ3n) is 3.59. The minimum atomic E-state index is -0.312. The van der Waals surface area contributed by atoms with Crippen LogP contribution in [0.2, 0.25) is 0 Å². The number of nitrogens with one attached hydrogen (secondary N) is 1. The smallest absolute Gasteiger partial charge is 0.226 e. The van der Waals surface area contributed by atoms with E-state index in [0.717, 1.165) is 16.3 Å². The molecule has 3 rings (SSSR count). The summed E-state index contributed by atoms with van der Waals surface area (Å²) in [7, 11) is 0. The molecule has 0 saturated heterocycles. The number of aromatic nitrogens is 1. The van der Waals surface area contributed by atoms with Gasteiger partial charge in [0.25, 0.3) is 0 Å². The zero-order valence-electron chi connectivity index (χ0n) is 13.3. The van der Waals surface area contributed by atoms with Gasteiger partial charge in [0.1, 0.15) is 10.8 Å². The molecule has 2 aromatic carbocycles. The van der Waals surface area contributed by atoms with Gasteiger partial charge < -0.3 is 5.32 Å². The first kappa shape index (κ1) is 16.3. The molecule has 1 heterocycles. The molecule has 122 valence electrons. The molecule has 1 aromatic heterocycles. The van der Waals surface area contributed by atoms with Crippen molar-refractivity contribution < 1.29 is 9.18 Å². The number of carbonyl (C=O) groups excluding carboxylic acids is 1. The first-order chi connectivity index (χ1) is 11.6. The zero-order chi connectivity index (χ0) is 16.9. The quantitative estimate of drug-likeness (QED) is 0.759. The summed E-state index contributed by atoms with van der Waals surface area (Å²) in [6, 6.07) is 14.5. The van der Waals surface area contributed by atoms with Crippen LogP contribution in [0.15, 0.2) is 53.9 Å². The largest absolute Gasteiger partial charge is 0.352 e. The SMILES string of the molecule is Cc1cccc(-c2nc(CC(=O)NCc3ccccc3F)cs2)c1. The fraction of sp³-hybridized carbons (Fsp3) is 0.158. The fourth-order valence-corrected chi connectivity index (χ4v) is 3.18. The molecule has 0 aliphatic rings. The van der Waals surface area contributed by atoms with Gasteiger partial charge in [-0.1, -0.05) is 42.0 Å². The lowest BCUT2D eigenvalue weighted by atomic mass is 10.1. The van der Waals surface area contributed by atoms with Crippen LogP contribution in [-0.4, -0.2) is 10.9 Å². The number of benzene rings is 2. The summed E-state index contributed by atoms with van der Waals surface area (Å²) in [6.07, 6.45) is 0.191. The van der Waals surface area contributed by atoms with Crippen LogP contribution in [0.4, 0.5) is 4.39 Å². The van der Waals surface area contributed by atoms with E-state index in [1.165, 1.54) is 23.0 Å². The maximum Gasteiger partial charge on any atom is 0.226 e. The highest BCUT2D eigenvalue weighted by Gasteiger charge is 2.10. The number of halogens is 1. The lowest BCUT2D eigenvalue weighted by Gasteiger charge is -2.05. The molecule has 24 heavy (non-hydrogen) atoms. The lowest BCUT2D eigenvalue weighted by Crippen LogP contribution is -2.25. The average Bonchev–Trinajstić information content (AvgIpc) is 3.02. The van der Waals surface area contributed by atoms with E-state index in [1.54, 1.807) is 18.2 Å². The molecule has 3 aromatic rings. The van der Waals surface area contributed by atoms with E-state index >= 15 is 0 Å². The number of thiazole rings is 1. The highest BCUT2D eigenvalue weighted by Crippen LogP contribution is 2.24. The second kappa shape index (κ2) is 7.36. The van der Waals surface area contributed by atoms with Crippen LogP contribution in [0.1, 0.15) is 16.8 Å². The summed E-state index contributed by atoms with van der Waals surface area (Å²) in [4.78, 5) is 16.5. The second-order valence-electron chi connectivity index (χ2n) is 5.56. The molecule has 5 heteroatoms. The average molecular weight is 340 g/mol. The topological polar surface area (TPSA) is 42.0 Å². The summed E-state index contributed by atoms with van der Waals surface area (Å²) in [5.41, 5.74) is 3.43. The predicted molar refractivity (Wildman–Crippen MR) is 94.2 cm³/mol. The lowest BCUT2D eigenvalue weighted by molar-refractivity contribution is -0.120. The van der Waals surface area contributed by atoms with Crippen LogP contribution in [0.5, 0.6) is 0 Å². The van der Waals surface area contributed by atoms with Gasteiger partial charge in [-0.15, -0.1) is 11.3 Å². The third-order valence-corrected chi connectivity index (χ3v) is 4.53. The standard InChI is InChI=1S/C19H17FN2OS/c1-13-5-4-7-14(9-13)19-22-16(12-24-19)10-18(23)21-11-15-6-2-3-8-17(15)20/h2-9,12H,10-11H2,1H3,(H,21,23). The summed E-state index contributed by atoms with van der Waals surface area (Å²) >= 11 is 1.52. The van der Waals surface area contributed by atoms with E-state index in [4.69, 9.17) is 0 Å². The number of nitrogens with zero attached hydrogens (tertiary/aromatic N) is 1. The van der Waals surface area contributed by atoms with Crippen LogP contribution in [0.3, 0.4) is 0 Å². The number of hydrogen-bond acceptors (Lipinski definition) is 3. The Hall–Kier alpha value is -2.53. The summed E-state index contributed by atoms with van der Waals surface area (Å²) in [6.45, 7) is 2.22. The number of carbonyl (C=O) groups is 1. The van der Waals surface area contributed by atoms with Gasteiger partial charge in [-0.05, 0) is 19.1 Å². The van der Waals surface area contributed by atoms with Gasteiger partial charge in [0.15, 0.2) is 0 Å². The van der Waals surface area contributed by atoms with Crippen molar-refractivity contribution in [1.82, 2.24) is 10.3 Å². The molecule has 0 aliphatic carbocycles. The summed E-state index contributed by atoms with van der Waals surface area (Å²) in [5, 5.41) is 5.52. The number of hydrogen-bond donors (Lipinski definition) is 1. The van der Waals surface area contributed by atoms with E-state index in [1.807, 2.05) is 30.5 Å². The summed E-state index contributed by atoms with van der Waals surface area (Å²) in [5.74, 6) is -0.479. The highest BCUT2D eigenvalue weighted by atomic mass is 32.1. The number of amides is 1. The van der Waals surface area contributed by atoms with Crippen LogP contribution in [0, 0.1) is 12.7 Å². The van der Waals surface area contributed by atoms with Crippen molar-refractivity contribution in [2.24, 2.45) is 0 Å². The van der Waals surface area contributed by atoms with Crippen molar-refractivity contribution >= 4 is 17.2 Å². The molecule has 0 bridgehead atoms. The van der Waals surface area contributed by atoms with Gasteiger partial charge in [-0.25, -0.2) is 9.37 Å². The predicted octanol–water partition coefficient (Wildman–Crippen LogP) is 4.12. The molecule has 0 aliphatic heterocycles. The van der Waals surface area contributed by atoms with E-state index in [9.17, 15) is 9.18 Å². The highest BCUT2D eigenvalue weighted by molar-refractivity contribution is 7.13. The molecule has 0 spiro atoms. The van der Waals surface area contributed by atoms with E-state index < -0.39 is 0 Å². The molecule has 0 radical (unpaired) electrons. The third kappa shape index (κ3) is 4.06. The Morgan fingerprint density at radius 1 is 1.21 bits per heavy atom. The van der Waals surface area contributed by atoms with Crippen LogP contribution in [0.25, 0.3) is 10.6 Å². The van der Waals surface area contributed by atoms with Gasteiger partial charge in [-0.3, -0.25) is 4.79 Å². The Labute approximate surface area is 144 Å². The molecule has 0 atom stereocenters. The van der Waals surface area contributed by atoms with Gasteiger partial charge >= 0.3 is 0 Å². The van der Waals surface area contributed by atoms with Crippen molar-refractivity contribution in [2.75, 3.05) is 0 Å². The van der Waals surface area contributed by atoms with Crippen LogP contribution in [-0.2, 0) is 17.8 Å². The maximum atomic E-state index is 13.5. The molecule has 0 saturated carbocycles. The van der Waals surface area contributed by atoms with Crippen molar-refractivity contribution in [2.45, 2.75) is 19.9 Å². The molecular weight excluding hydrogens is 323 g/mol. The van der Waals surface area contributed by atoms with E-state index in [0.29, 0.717) is 5.56 Å². The minimum Gasteiger partial charge on any atom is -0.352 e. The van der Waals surface area contributed by atoms with Crippen molar-refractivity contribution in [3.63, 3.8) is 0 Å². The van der Waals surface area contributed by atoms with Gasteiger partial charge in [-0.2, -0.15) is 0 Å². The normalized spacial score (nSPS) is 10.6. The van der Waals surface area contributed by atoms with Gasteiger partial charge in [0, 0.05) is 23.1 Å². The minimum absolute atomic E-state index is 0.167. The van der Waals surface area contributed by atoms with Crippen LogP contribution < -0.4 is 5.32 Å². The van der Waals surface area contributed by atoms with Crippen molar-refractivity contribution in [3.05, 3.63) is 76.5 Å². The van der Waals surface area contributed by atoms with Crippen molar-refractivity contribution in [1.29, 1.82) is 0 Å². The van der Waals surface area contributed by atoms with Gasteiger partial charge in [0.2, 0.25) is 5.91 Å². The Bertz CT molecular complexity index is 860.